The van der Waals surface area contributed by atoms with Gasteiger partial charge >= 0.3 is 5.97 Å². The van der Waals surface area contributed by atoms with E-state index in [1.807, 2.05) is 60.7 Å². The number of rotatable bonds is 6. The van der Waals surface area contributed by atoms with Gasteiger partial charge in [-0.05, 0) is 18.2 Å². The lowest BCUT2D eigenvalue weighted by Crippen LogP contribution is -2.21. The Labute approximate surface area is 178 Å². The molecular weight excluding hydrogens is 394 g/mol. The fourth-order valence-corrected chi connectivity index (χ4v) is 3.50. The zero-order valence-corrected chi connectivity index (χ0v) is 16.4. The molecule has 31 heavy (non-hydrogen) atoms. The molecule has 154 valence electrons. The van der Waals surface area contributed by atoms with Crippen molar-refractivity contribution in [2.24, 2.45) is 0 Å². The number of carboxylic acids is 1. The topological polar surface area (TPSA) is 104 Å². The second-order valence-corrected chi connectivity index (χ2v) is 6.89. The van der Waals surface area contributed by atoms with Crippen molar-refractivity contribution in [1.82, 2.24) is 15.3 Å². The predicted octanol–water partition coefficient (Wildman–Crippen LogP) is 3.95. The number of hydroxylamine groups is 1. The first-order valence-electron chi connectivity index (χ1n) is 9.58. The van der Waals surface area contributed by atoms with Gasteiger partial charge in [0, 0.05) is 16.7 Å². The van der Waals surface area contributed by atoms with E-state index < -0.39 is 11.9 Å². The van der Waals surface area contributed by atoms with Crippen molar-refractivity contribution in [1.29, 1.82) is 0 Å². The number of amides is 1. The summed E-state index contributed by atoms with van der Waals surface area (Å²) in [7, 11) is 0. The summed E-state index contributed by atoms with van der Waals surface area (Å²) in [5, 5.41) is 23.3. The normalized spacial score (nSPS) is 10.6. The van der Waals surface area contributed by atoms with Crippen LogP contribution in [0.2, 0.25) is 0 Å². The molecule has 0 radical (unpaired) electrons. The highest BCUT2D eigenvalue weighted by molar-refractivity contribution is 5.89. The van der Waals surface area contributed by atoms with Crippen molar-refractivity contribution >= 4 is 11.9 Å². The number of aromatic carboxylic acids is 1. The second kappa shape index (κ2) is 8.64. The van der Waals surface area contributed by atoms with Crippen molar-refractivity contribution in [3.05, 3.63) is 96.1 Å². The van der Waals surface area contributed by atoms with Crippen LogP contribution in [-0.2, 0) is 11.2 Å². The van der Waals surface area contributed by atoms with Crippen LogP contribution < -0.4 is 5.48 Å². The summed E-state index contributed by atoms with van der Waals surface area (Å²) >= 11 is 0. The molecule has 1 amide bonds. The molecule has 0 unspecified atom stereocenters. The maximum atomic E-state index is 12.2. The number of nitrogens with zero attached hydrogens (tertiary/aromatic N) is 2. The number of aromatic nitrogens is 2. The number of benzene rings is 3. The first kappa shape index (κ1) is 20.1. The largest absolute Gasteiger partial charge is 0.478 e. The van der Waals surface area contributed by atoms with Gasteiger partial charge in [0.25, 0.3) is 0 Å². The molecule has 4 rings (SSSR count). The van der Waals surface area contributed by atoms with E-state index in [0.29, 0.717) is 22.6 Å². The Morgan fingerprint density at radius 2 is 1.52 bits per heavy atom. The van der Waals surface area contributed by atoms with E-state index in [2.05, 4.69) is 0 Å². The number of carbonyl (C=O) groups is 2. The Kier molecular flexibility index (Phi) is 5.59. The molecule has 7 heteroatoms. The maximum absolute atomic E-state index is 12.2. The summed E-state index contributed by atoms with van der Waals surface area (Å²) in [4.78, 5) is 23.7. The average Bonchev–Trinajstić information content (AvgIpc) is 3.19. The number of hydrogen-bond donors (Lipinski definition) is 3. The minimum atomic E-state index is -1.04. The Bertz CT molecular complexity index is 1230. The van der Waals surface area contributed by atoms with Crippen LogP contribution in [0.5, 0.6) is 0 Å². The van der Waals surface area contributed by atoms with E-state index in [4.69, 9.17) is 10.3 Å². The monoisotopic (exact) mass is 413 g/mol. The number of nitrogens with one attached hydrogen (secondary N) is 1. The summed E-state index contributed by atoms with van der Waals surface area (Å²) in [6, 6.07) is 25.3. The highest BCUT2D eigenvalue weighted by atomic mass is 16.5. The van der Waals surface area contributed by atoms with Gasteiger partial charge in [0.2, 0.25) is 5.91 Å². The smallest absolute Gasteiger partial charge is 0.335 e. The minimum absolute atomic E-state index is 0.108. The standard InChI is InChI=1S/C24H19N3O4/c28-21(26-31)15-20-22(16-8-3-1-4-9-16)25-27(23(20)17-10-5-2-6-11-17)19-13-7-12-18(14-19)24(29)30/h1-14,31H,15H2,(H,26,28)(H,29,30). The molecule has 3 N–H and O–H groups in total. The SMILES string of the molecule is O=C(Cc1c(-c2ccccc2)nn(-c2cccc(C(=O)O)c2)c1-c1ccccc1)NO. The van der Waals surface area contributed by atoms with Gasteiger partial charge in [0.1, 0.15) is 0 Å². The molecule has 7 nitrogen and oxygen atoms in total. The lowest BCUT2D eigenvalue weighted by molar-refractivity contribution is -0.128. The Morgan fingerprint density at radius 3 is 2.13 bits per heavy atom. The van der Waals surface area contributed by atoms with E-state index >= 15 is 0 Å². The van der Waals surface area contributed by atoms with E-state index in [-0.39, 0.29) is 12.0 Å². The van der Waals surface area contributed by atoms with Crippen LogP contribution in [0, 0.1) is 0 Å². The fraction of sp³-hybridized carbons (Fsp3) is 0.0417. The first-order valence-corrected chi connectivity index (χ1v) is 9.58. The summed E-state index contributed by atoms with van der Waals surface area (Å²) in [5.74, 6) is -1.62. The first-order chi connectivity index (χ1) is 15.1. The molecule has 0 fully saturated rings. The molecule has 1 aromatic heterocycles. The van der Waals surface area contributed by atoms with Crippen LogP contribution in [0.25, 0.3) is 28.2 Å². The van der Waals surface area contributed by atoms with Crippen molar-refractivity contribution in [2.75, 3.05) is 0 Å². The molecule has 3 aromatic carbocycles. The van der Waals surface area contributed by atoms with Gasteiger partial charge in [0.05, 0.1) is 29.1 Å². The Hall–Kier alpha value is -4.23. The summed E-state index contributed by atoms with van der Waals surface area (Å²) in [6.45, 7) is 0. The summed E-state index contributed by atoms with van der Waals surface area (Å²) in [5.41, 5.74) is 5.80. The van der Waals surface area contributed by atoms with Crippen LogP contribution in [0.4, 0.5) is 0 Å². The van der Waals surface area contributed by atoms with Crippen molar-refractivity contribution < 1.29 is 19.9 Å². The third kappa shape index (κ3) is 4.08. The summed E-state index contributed by atoms with van der Waals surface area (Å²) in [6.07, 6.45) is -0.108. The van der Waals surface area contributed by atoms with Crippen LogP contribution in [0.1, 0.15) is 15.9 Å². The predicted molar refractivity (Wildman–Crippen MR) is 115 cm³/mol. The van der Waals surface area contributed by atoms with Crippen LogP contribution >= 0.6 is 0 Å². The van der Waals surface area contributed by atoms with Crippen LogP contribution in [-0.4, -0.2) is 32.0 Å². The maximum Gasteiger partial charge on any atom is 0.335 e. The highest BCUT2D eigenvalue weighted by Gasteiger charge is 2.23. The molecule has 0 spiro atoms. The van der Waals surface area contributed by atoms with Crippen molar-refractivity contribution in [2.45, 2.75) is 6.42 Å². The summed E-state index contributed by atoms with van der Waals surface area (Å²) < 4.78 is 1.64. The third-order valence-corrected chi connectivity index (χ3v) is 4.88. The molecule has 1 heterocycles. The molecule has 0 aliphatic carbocycles. The Morgan fingerprint density at radius 1 is 0.871 bits per heavy atom. The lowest BCUT2D eigenvalue weighted by atomic mass is 9.99. The van der Waals surface area contributed by atoms with Gasteiger partial charge in [-0.2, -0.15) is 5.10 Å². The lowest BCUT2D eigenvalue weighted by Gasteiger charge is -2.11. The Balaban J connectivity index is 2.03. The molecule has 0 bridgehead atoms. The van der Waals surface area contributed by atoms with Crippen LogP contribution in [0.15, 0.2) is 84.9 Å². The van der Waals surface area contributed by atoms with Gasteiger partial charge in [-0.1, -0.05) is 66.7 Å². The quantitative estimate of drug-likeness (QED) is 0.328. The number of hydrogen-bond acceptors (Lipinski definition) is 4. The second-order valence-electron chi connectivity index (χ2n) is 6.89. The van der Waals surface area contributed by atoms with Gasteiger partial charge in [0.15, 0.2) is 0 Å². The minimum Gasteiger partial charge on any atom is -0.478 e. The van der Waals surface area contributed by atoms with E-state index in [9.17, 15) is 14.7 Å². The average molecular weight is 413 g/mol. The van der Waals surface area contributed by atoms with Gasteiger partial charge in [-0.15, -0.1) is 0 Å². The third-order valence-electron chi connectivity index (χ3n) is 4.88. The molecular formula is C24H19N3O4. The molecule has 0 aliphatic heterocycles. The van der Waals surface area contributed by atoms with Gasteiger partial charge in [-0.25, -0.2) is 15.0 Å². The van der Waals surface area contributed by atoms with Crippen LogP contribution in [0.3, 0.4) is 0 Å². The molecule has 0 aliphatic rings. The highest BCUT2D eigenvalue weighted by Crippen LogP contribution is 2.35. The fourth-order valence-electron chi connectivity index (χ4n) is 3.50. The molecule has 0 saturated carbocycles. The van der Waals surface area contributed by atoms with E-state index in [0.717, 1.165) is 11.1 Å². The number of carbonyl (C=O) groups excluding carboxylic acids is 1. The van der Waals surface area contributed by atoms with E-state index in [1.165, 1.54) is 12.1 Å². The number of carboxylic acid groups (broad SMARTS) is 1. The van der Waals surface area contributed by atoms with Crippen molar-refractivity contribution in [3.63, 3.8) is 0 Å². The van der Waals surface area contributed by atoms with Gasteiger partial charge in [-0.3, -0.25) is 10.0 Å². The molecule has 0 saturated heterocycles. The van der Waals surface area contributed by atoms with E-state index in [1.54, 1.807) is 22.3 Å². The van der Waals surface area contributed by atoms with Crippen molar-refractivity contribution in [3.8, 4) is 28.2 Å². The molecule has 4 aromatic rings. The zero-order chi connectivity index (χ0) is 21.8. The zero-order valence-electron chi connectivity index (χ0n) is 16.4. The molecule has 0 atom stereocenters. The van der Waals surface area contributed by atoms with Gasteiger partial charge < -0.3 is 5.11 Å².